The van der Waals surface area contributed by atoms with Crippen molar-refractivity contribution in [3.05, 3.63) is 65.0 Å². The first-order valence-corrected chi connectivity index (χ1v) is 8.44. The van der Waals surface area contributed by atoms with E-state index in [1.165, 1.54) is 11.1 Å². The standard InChI is InChI=1S/C20H20N2O2/c1-13-22-17-10-9-14-7-8-15(18(14)19(17)24-13)11-12-21-20(23)16-5-3-2-4-6-16/h2-6,9-10,15H,7-8,11-12H2,1H3,(H,21,23). The van der Waals surface area contributed by atoms with Crippen LogP contribution in [0.5, 0.6) is 0 Å². The highest BCUT2D eigenvalue weighted by Crippen LogP contribution is 2.40. The lowest BCUT2D eigenvalue weighted by molar-refractivity contribution is 0.0952. The molecule has 1 aliphatic rings. The summed E-state index contributed by atoms with van der Waals surface area (Å²) in [5.41, 5.74) is 5.23. The van der Waals surface area contributed by atoms with Crippen LogP contribution < -0.4 is 5.32 Å². The number of carbonyl (C=O) groups is 1. The molecule has 1 aliphatic carbocycles. The van der Waals surface area contributed by atoms with Gasteiger partial charge < -0.3 is 9.73 Å². The quantitative estimate of drug-likeness (QED) is 0.791. The zero-order valence-corrected chi connectivity index (χ0v) is 13.7. The maximum atomic E-state index is 12.1. The monoisotopic (exact) mass is 320 g/mol. The van der Waals surface area contributed by atoms with E-state index >= 15 is 0 Å². The highest BCUT2D eigenvalue weighted by atomic mass is 16.3. The number of nitrogens with one attached hydrogen (secondary N) is 1. The summed E-state index contributed by atoms with van der Waals surface area (Å²) in [4.78, 5) is 16.6. The third kappa shape index (κ3) is 2.68. The predicted molar refractivity (Wildman–Crippen MR) is 93.2 cm³/mol. The van der Waals surface area contributed by atoms with Gasteiger partial charge in [0.1, 0.15) is 5.52 Å². The van der Waals surface area contributed by atoms with Crippen molar-refractivity contribution < 1.29 is 9.21 Å². The molecule has 3 aromatic rings. The Labute approximate surface area is 140 Å². The molecule has 122 valence electrons. The minimum absolute atomic E-state index is 0.0115. The Morgan fingerprint density at radius 2 is 2.08 bits per heavy atom. The summed E-state index contributed by atoms with van der Waals surface area (Å²) in [5, 5.41) is 3.02. The summed E-state index contributed by atoms with van der Waals surface area (Å²) in [7, 11) is 0. The maximum absolute atomic E-state index is 12.1. The first kappa shape index (κ1) is 14.9. The van der Waals surface area contributed by atoms with Crippen molar-refractivity contribution in [2.24, 2.45) is 0 Å². The van der Waals surface area contributed by atoms with Crippen molar-refractivity contribution >= 4 is 17.0 Å². The number of hydrogen-bond acceptors (Lipinski definition) is 3. The maximum Gasteiger partial charge on any atom is 0.251 e. The van der Waals surface area contributed by atoms with Crippen LogP contribution in [0, 0.1) is 6.92 Å². The largest absolute Gasteiger partial charge is 0.441 e. The molecule has 0 spiro atoms. The highest BCUT2D eigenvalue weighted by Gasteiger charge is 2.27. The molecule has 0 saturated carbocycles. The molecule has 1 amide bonds. The van der Waals surface area contributed by atoms with E-state index in [2.05, 4.69) is 16.4 Å². The number of rotatable bonds is 4. The van der Waals surface area contributed by atoms with Gasteiger partial charge in [-0.2, -0.15) is 0 Å². The summed E-state index contributed by atoms with van der Waals surface area (Å²) >= 11 is 0. The lowest BCUT2D eigenvalue weighted by Gasteiger charge is -2.12. The van der Waals surface area contributed by atoms with Crippen LogP contribution in [0.15, 0.2) is 46.9 Å². The molecule has 4 heteroatoms. The van der Waals surface area contributed by atoms with Gasteiger partial charge in [0.25, 0.3) is 5.91 Å². The van der Waals surface area contributed by atoms with Crippen molar-refractivity contribution in [2.45, 2.75) is 32.1 Å². The van der Waals surface area contributed by atoms with Gasteiger partial charge in [-0.25, -0.2) is 4.98 Å². The van der Waals surface area contributed by atoms with E-state index in [1.54, 1.807) is 0 Å². The zero-order valence-electron chi connectivity index (χ0n) is 13.7. The number of aromatic nitrogens is 1. The normalized spacial score (nSPS) is 16.3. The number of hydrogen-bond donors (Lipinski definition) is 1. The molecule has 1 atom stereocenters. The molecule has 4 rings (SSSR count). The predicted octanol–water partition coefficient (Wildman–Crippen LogP) is 3.99. The Morgan fingerprint density at radius 1 is 1.25 bits per heavy atom. The van der Waals surface area contributed by atoms with Gasteiger partial charge in [-0.05, 0) is 48.9 Å². The van der Waals surface area contributed by atoms with E-state index in [4.69, 9.17) is 4.42 Å². The third-order valence-corrected chi connectivity index (χ3v) is 4.78. The van der Waals surface area contributed by atoms with E-state index in [0.29, 0.717) is 23.9 Å². The zero-order chi connectivity index (χ0) is 16.5. The van der Waals surface area contributed by atoms with E-state index in [9.17, 15) is 4.79 Å². The van der Waals surface area contributed by atoms with E-state index in [-0.39, 0.29) is 5.91 Å². The molecule has 1 heterocycles. The van der Waals surface area contributed by atoms with Gasteiger partial charge in [0.05, 0.1) is 0 Å². The molecule has 1 N–H and O–H groups in total. The number of amides is 1. The van der Waals surface area contributed by atoms with E-state index < -0.39 is 0 Å². The molecule has 2 aromatic carbocycles. The Hall–Kier alpha value is -2.62. The van der Waals surface area contributed by atoms with Crippen LogP contribution in [0.4, 0.5) is 0 Å². The molecule has 0 radical (unpaired) electrons. The summed E-state index contributed by atoms with van der Waals surface area (Å²) in [6.07, 6.45) is 3.10. The fraction of sp³-hybridized carbons (Fsp3) is 0.300. The van der Waals surface area contributed by atoms with Crippen molar-refractivity contribution in [3.63, 3.8) is 0 Å². The summed E-state index contributed by atoms with van der Waals surface area (Å²) in [6, 6.07) is 13.6. The van der Waals surface area contributed by atoms with E-state index in [1.807, 2.05) is 43.3 Å². The SMILES string of the molecule is Cc1nc2ccc3c(c2o1)C(CCNC(=O)c1ccccc1)CC3. The van der Waals surface area contributed by atoms with Crippen LogP contribution in [0.1, 0.15) is 46.1 Å². The average molecular weight is 320 g/mol. The molecular weight excluding hydrogens is 300 g/mol. The number of carbonyl (C=O) groups excluding carboxylic acids is 1. The van der Waals surface area contributed by atoms with Crippen LogP contribution in [-0.4, -0.2) is 17.4 Å². The van der Waals surface area contributed by atoms with Gasteiger partial charge in [0, 0.05) is 24.6 Å². The second-order valence-electron chi connectivity index (χ2n) is 6.37. The fourth-order valence-corrected chi connectivity index (χ4v) is 3.64. The van der Waals surface area contributed by atoms with Gasteiger partial charge >= 0.3 is 0 Å². The average Bonchev–Trinajstić information content (AvgIpc) is 3.18. The number of fused-ring (bicyclic) bond motifs is 3. The Kier molecular flexibility index (Phi) is 3.81. The van der Waals surface area contributed by atoms with Crippen LogP contribution in [0.2, 0.25) is 0 Å². The minimum Gasteiger partial charge on any atom is -0.441 e. The first-order chi connectivity index (χ1) is 11.7. The minimum atomic E-state index is -0.0115. The summed E-state index contributed by atoms with van der Waals surface area (Å²) < 4.78 is 5.84. The Balaban J connectivity index is 1.46. The number of oxazole rings is 1. The van der Waals surface area contributed by atoms with Gasteiger partial charge in [-0.3, -0.25) is 4.79 Å². The van der Waals surface area contributed by atoms with Gasteiger partial charge in [0.2, 0.25) is 0 Å². The lowest BCUT2D eigenvalue weighted by Crippen LogP contribution is -2.25. The summed E-state index contributed by atoms with van der Waals surface area (Å²) in [5.74, 6) is 1.12. The van der Waals surface area contributed by atoms with E-state index in [0.717, 1.165) is 30.4 Å². The van der Waals surface area contributed by atoms with Gasteiger partial charge in [-0.1, -0.05) is 24.3 Å². The molecule has 1 unspecified atom stereocenters. The van der Waals surface area contributed by atoms with Crippen molar-refractivity contribution in [3.8, 4) is 0 Å². The molecule has 1 aromatic heterocycles. The molecular formula is C20H20N2O2. The number of benzene rings is 2. The second-order valence-corrected chi connectivity index (χ2v) is 6.37. The molecule has 0 bridgehead atoms. The summed E-state index contributed by atoms with van der Waals surface area (Å²) in [6.45, 7) is 2.55. The molecule has 0 saturated heterocycles. The van der Waals surface area contributed by atoms with Gasteiger partial charge in [-0.15, -0.1) is 0 Å². The van der Waals surface area contributed by atoms with Crippen LogP contribution in [-0.2, 0) is 6.42 Å². The smallest absolute Gasteiger partial charge is 0.251 e. The van der Waals surface area contributed by atoms with Crippen molar-refractivity contribution in [2.75, 3.05) is 6.54 Å². The third-order valence-electron chi connectivity index (χ3n) is 4.78. The molecule has 4 nitrogen and oxygen atoms in total. The van der Waals surface area contributed by atoms with Crippen molar-refractivity contribution in [1.82, 2.24) is 10.3 Å². The number of aryl methyl sites for hydroxylation is 2. The number of nitrogens with zero attached hydrogens (tertiary/aromatic N) is 1. The lowest BCUT2D eigenvalue weighted by atomic mass is 9.97. The Morgan fingerprint density at radius 3 is 2.92 bits per heavy atom. The van der Waals surface area contributed by atoms with Crippen LogP contribution in [0.3, 0.4) is 0 Å². The Bertz CT molecular complexity index is 883. The molecule has 24 heavy (non-hydrogen) atoms. The topological polar surface area (TPSA) is 55.1 Å². The van der Waals surface area contributed by atoms with Crippen molar-refractivity contribution in [1.29, 1.82) is 0 Å². The van der Waals surface area contributed by atoms with Crippen LogP contribution in [0.25, 0.3) is 11.1 Å². The first-order valence-electron chi connectivity index (χ1n) is 8.44. The fourth-order valence-electron chi connectivity index (χ4n) is 3.64. The highest BCUT2D eigenvalue weighted by molar-refractivity contribution is 5.94. The van der Waals surface area contributed by atoms with Crippen LogP contribution >= 0.6 is 0 Å². The van der Waals surface area contributed by atoms with Gasteiger partial charge in [0.15, 0.2) is 11.5 Å². The molecule has 0 aliphatic heterocycles. The molecule has 0 fully saturated rings. The second kappa shape index (κ2) is 6.11.